The molecule has 2 heteroatoms. The molecule has 1 atom stereocenters. The summed E-state index contributed by atoms with van der Waals surface area (Å²) in [5, 5.41) is 3.64. The summed E-state index contributed by atoms with van der Waals surface area (Å²) in [6.07, 6.45) is 3.99. The van der Waals surface area contributed by atoms with Crippen LogP contribution in [0.15, 0.2) is 0 Å². The van der Waals surface area contributed by atoms with E-state index in [1.54, 1.807) is 7.11 Å². The molecule has 0 spiro atoms. The maximum Gasteiger partial charge on any atom is 0.0468 e. The number of nitrogens with one attached hydrogen (secondary N) is 1. The van der Waals surface area contributed by atoms with Crippen molar-refractivity contribution in [3.63, 3.8) is 0 Å². The van der Waals surface area contributed by atoms with E-state index in [-0.39, 0.29) is 0 Å². The Bertz CT molecular complexity index is 164. The van der Waals surface area contributed by atoms with Gasteiger partial charge in [-0.25, -0.2) is 0 Å². The molecule has 1 aliphatic carbocycles. The zero-order valence-corrected chi connectivity index (χ0v) is 10.1. The Morgan fingerprint density at radius 2 is 1.93 bits per heavy atom. The van der Waals surface area contributed by atoms with Gasteiger partial charge < -0.3 is 10.1 Å². The maximum atomic E-state index is 5.14. The van der Waals surface area contributed by atoms with Crippen LogP contribution in [0.4, 0.5) is 0 Å². The van der Waals surface area contributed by atoms with Crippen LogP contribution in [-0.2, 0) is 4.74 Å². The largest absolute Gasteiger partial charge is 0.385 e. The molecule has 84 valence electrons. The minimum atomic E-state index is 0.582. The molecule has 0 aromatic rings. The molecule has 0 aromatic heterocycles. The van der Waals surface area contributed by atoms with Gasteiger partial charge in [0.2, 0.25) is 0 Å². The van der Waals surface area contributed by atoms with Gasteiger partial charge in [-0.15, -0.1) is 0 Å². The van der Waals surface area contributed by atoms with Crippen molar-refractivity contribution in [3.8, 4) is 0 Å². The topological polar surface area (TPSA) is 21.3 Å². The molecular weight excluding hydrogens is 174 g/mol. The average molecular weight is 199 g/mol. The lowest BCUT2D eigenvalue weighted by molar-refractivity contribution is 0.169. The van der Waals surface area contributed by atoms with Crippen LogP contribution in [0.3, 0.4) is 0 Å². The van der Waals surface area contributed by atoms with Crippen LogP contribution < -0.4 is 5.32 Å². The smallest absolute Gasteiger partial charge is 0.0468 e. The van der Waals surface area contributed by atoms with Crippen LogP contribution in [0.2, 0.25) is 0 Å². The van der Waals surface area contributed by atoms with Gasteiger partial charge >= 0.3 is 0 Å². The molecule has 1 N–H and O–H groups in total. The van der Waals surface area contributed by atoms with Gasteiger partial charge in [0.05, 0.1) is 0 Å². The van der Waals surface area contributed by atoms with Crippen molar-refractivity contribution in [2.45, 2.75) is 46.1 Å². The first-order valence-electron chi connectivity index (χ1n) is 5.82. The summed E-state index contributed by atoms with van der Waals surface area (Å²) >= 11 is 0. The maximum absolute atomic E-state index is 5.14. The fourth-order valence-corrected chi connectivity index (χ4v) is 1.62. The highest BCUT2D eigenvalue weighted by atomic mass is 16.5. The predicted molar refractivity (Wildman–Crippen MR) is 60.5 cm³/mol. The fraction of sp³-hybridized carbons (Fsp3) is 1.00. The van der Waals surface area contributed by atoms with Crippen LogP contribution in [0, 0.1) is 11.3 Å². The molecule has 1 unspecified atom stereocenters. The van der Waals surface area contributed by atoms with Gasteiger partial charge in [-0.2, -0.15) is 0 Å². The zero-order chi connectivity index (χ0) is 10.6. The van der Waals surface area contributed by atoms with Gasteiger partial charge in [0.1, 0.15) is 0 Å². The number of ether oxygens (including phenoxy) is 1. The Morgan fingerprint density at radius 3 is 2.36 bits per heavy atom. The lowest BCUT2D eigenvalue weighted by Crippen LogP contribution is -2.35. The Kier molecular flexibility index (Phi) is 4.39. The first kappa shape index (κ1) is 12.0. The third kappa shape index (κ3) is 3.58. The van der Waals surface area contributed by atoms with Crippen molar-refractivity contribution in [3.05, 3.63) is 0 Å². The lowest BCUT2D eigenvalue weighted by atomic mass is 10.0. The number of hydrogen-bond acceptors (Lipinski definition) is 2. The first-order valence-corrected chi connectivity index (χ1v) is 5.82. The average Bonchev–Trinajstić information content (AvgIpc) is 2.92. The summed E-state index contributed by atoms with van der Waals surface area (Å²) in [4.78, 5) is 0. The molecule has 1 aliphatic rings. The second kappa shape index (κ2) is 5.13. The number of methoxy groups -OCH3 is 1. The van der Waals surface area contributed by atoms with Crippen molar-refractivity contribution >= 4 is 0 Å². The van der Waals surface area contributed by atoms with E-state index in [1.165, 1.54) is 25.8 Å². The fourth-order valence-electron chi connectivity index (χ4n) is 1.62. The Balaban J connectivity index is 2.17. The summed E-state index contributed by atoms with van der Waals surface area (Å²) < 4.78 is 5.14. The van der Waals surface area contributed by atoms with Crippen molar-refractivity contribution in [1.82, 2.24) is 5.32 Å². The van der Waals surface area contributed by atoms with E-state index in [0.29, 0.717) is 11.5 Å². The van der Waals surface area contributed by atoms with Crippen LogP contribution in [-0.4, -0.2) is 26.3 Å². The van der Waals surface area contributed by atoms with Gasteiger partial charge in [-0.3, -0.25) is 0 Å². The lowest BCUT2D eigenvalue weighted by Gasteiger charge is -2.22. The van der Waals surface area contributed by atoms with Crippen molar-refractivity contribution in [1.29, 1.82) is 0 Å². The standard InChI is InChI=1S/C12H25NO/c1-10(2)11(3)13-9-12(5-6-12)7-8-14-4/h10-11,13H,5-9H2,1-4H3. The van der Waals surface area contributed by atoms with Gasteiger partial charge in [0, 0.05) is 26.3 Å². The van der Waals surface area contributed by atoms with Crippen molar-refractivity contribution in [2.24, 2.45) is 11.3 Å². The highest BCUT2D eigenvalue weighted by Gasteiger charge is 2.41. The van der Waals surface area contributed by atoms with E-state index in [0.717, 1.165) is 12.5 Å². The Labute approximate surface area is 88.4 Å². The van der Waals surface area contributed by atoms with Gasteiger partial charge in [0.15, 0.2) is 0 Å². The van der Waals surface area contributed by atoms with E-state index in [9.17, 15) is 0 Å². The third-order valence-electron chi connectivity index (χ3n) is 3.59. The number of hydrogen-bond donors (Lipinski definition) is 1. The minimum absolute atomic E-state index is 0.582. The second-order valence-corrected chi connectivity index (χ2v) is 5.16. The molecule has 1 saturated carbocycles. The van der Waals surface area contributed by atoms with Crippen LogP contribution in [0.5, 0.6) is 0 Å². The molecule has 0 amide bonds. The normalized spacial score (nSPS) is 21.2. The van der Waals surface area contributed by atoms with Crippen LogP contribution in [0.25, 0.3) is 0 Å². The summed E-state index contributed by atoms with van der Waals surface area (Å²) in [7, 11) is 1.79. The molecule has 0 bridgehead atoms. The minimum Gasteiger partial charge on any atom is -0.385 e. The second-order valence-electron chi connectivity index (χ2n) is 5.16. The van der Waals surface area contributed by atoms with E-state index in [2.05, 4.69) is 26.1 Å². The van der Waals surface area contributed by atoms with Crippen molar-refractivity contribution in [2.75, 3.05) is 20.3 Å². The van der Waals surface area contributed by atoms with Gasteiger partial charge in [-0.1, -0.05) is 13.8 Å². The molecule has 14 heavy (non-hydrogen) atoms. The van der Waals surface area contributed by atoms with E-state index < -0.39 is 0 Å². The van der Waals surface area contributed by atoms with Gasteiger partial charge in [-0.05, 0) is 37.5 Å². The van der Waals surface area contributed by atoms with Crippen LogP contribution >= 0.6 is 0 Å². The molecule has 1 fully saturated rings. The molecule has 2 nitrogen and oxygen atoms in total. The van der Waals surface area contributed by atoms with E-state index in [4.69, 9.17) is 4.74 Å². The summed E-state index contributed by atoms with van der Waals surface area (Å²) in [5.74, 6) is 0.730. The molecular formula is C12H25NO. The molecule has 0 heterocycles. The monoisotopic (exact) mass is 199 g/mol. The predicted octanol–water partition coefficient (Wildman–Crippen LogP) is 2.44. The SMILES string of the molecule is COCCC1(CNC(C)C(C)C)CC1. The highest BCUT2D eigenvalue weighted by molar-refractivity contribution is 4.95. The molecule has 0 aliphatic heterocycles. The van der Waals surface area contributed by atoms with E-state index >= 15 is 0 Å². The molecule has 0 aromatic carbocycles. The number of rotatable bonds is 7. The molecule has 0 radical (unpaired) electrons. The quantitative estimate of drug-likeness (QED) is 0.680. The summed E-state index contributed by atoms with van der Waals surface area (Å²) in [6.45, 7) is 8.91. The molecule has 0 saturated heterocycles. The highest BCUT2D eigenvalue weighted by Crippen LogP contribution is 2.48. The zero-order valence-electron chi connectivity index (χ0n) is 10.1. The summed E-state index contributed by atoms with van der Waals surface area (Å²) in [5.41, 5.74) is 0.582. The van der Waals surface area contributed by atoms with Crippen LogP contribution in [0.1, 0.15) is 40.0 Å². The third-order valence-corrected chi connectivity index (χ3v) is 3.59. The van der Waals surface area contributed by atoms with E-state index in [1.807, 2.05) is 0 Å². The van der Waals surface area contributed by atoms with Crippen molar-refractivity contribution < 1.29 is 4.74 Å². The van der Waals surface area contributed by atoms with Gasteiger partial charge in [0.25, 0.3) is 0 Å². The summed E-state index contributed by atoms with van der Waals surface area (Å²) in [6, 6.07) is 0.634. The Hall–Kier alpha value is -0.0800. The Morgan fingerprint density at radius 1 is 1.29 bits per heavy atom. The molecule has 1 rings (SSSR count). The first-order chi connectivity index (χ1) is 6.59.